The summed E-state index contributed by atoms with van der Waals surface area (Å²) in [5.41, 5.74) is 5.71. The van der Waals surface area contributed by atoms with Crippen LogP contribution in [0.25, 0.3) is 0 Å². The van der Waals surface area contributed by atoms with Crippen LogP contribution >= 0.6 is 0 Å². The number of esters is 1. The van der Waals surface area contributed by atoms with Crippen molar-refractivity contribution in [3.63, 3.8) is 0 Å². The van der Waals surface area contributed by atoms with Gasteiger partial charge in [0.05, 0.1) is 19.6 Å². The van der Waals surface area contributed by atoms with Crippen molar-refractivity contribution < 1.29 is 32.2 Å². The normalized spacial score (nSPS) is 12.4. The molecule has 0 radical (unpaired) electrons. The van der Waals surface area contributed by atoms with E-state index in [2.05, 4.69) is 14.8 Å². The Bertz CT molecular complexity index is 532. The van der Waals surface area contributed by atoms with Gasteiger partial charge in [-0.15, -0.1) is 13.2 Å². The molecule has 0 fully saturated rings. The first-order valence-electron chi connectivity index (χ1n) is 6.67. The minimum atomic E-state index is -4.79. The maximum atomic E-state index is 12.1. The lowest BCUT2D eigenvalue weighted by molar-refractivity contribution is -0.274. The fourth-order valence-electron chi connectivity index (χ4n) is 1.80. The molecule has 0 spiro atoms. The molecule has 0 aliphatic rings. The molecule has 0 saturated heterocycles. The Labute approximate surface area is 130 Å². The van der Waals surface area contributed by atoms with E-state index in [1.807, 2.05) is 0 Å². The molecule has 128 valence electrons. The molecule has 0 heterocycles. The Balaban J connectivity index is 2.88. The van der Waals surface area contributed by atoms with Gasteiger partial charge in [-0.2, -0.15) is 0 Å². The number of alkyl halides is 3. The first-order chi connectivity index (χ1) is 10.7. The van der Waals surface area contributed by atoms with Crippen molar-refractivity contribution in [2.24, 2.45) is 5.73 Å². The summed E-state index contributed by atoms with van der Waals surface area (Å²) in [6.07, 6.45) is -4.89. The predicted molar refractivity (Wildman–Crippen MR) is 74.3 cm³/mol. The molecule has 0 aliphatic heterocycles. The Kier molecular flexibility index (Phi) is 6.83. The Morgan fingerprint density at radius 3 is 2.35 bits per heavy atom. The van der Waals surface area contributed by atoms with Gasteiger partial charge in [0.15, 0.2) is 0 Å². The topological polar surface area (TPSA) is 90.7 Å². The van der Waals surface area contributed by atoms with E-state index in [0.29, 0.717) is 5.56 Å². The highest BCUT2D eigenvalue weighted by Crippen LogP contribution is 2.25. The number of nitrogens with one attached hydrogen (secondary N) is 1. The lowest BCUT2D eigenvalue weighted by Gasteiger charge is -2.18. The van der Waals surface area contributed by atoms with Crippen molar-refractivity contribution in [3.05, 3.63) is 29.8 Å². The minimum absolute atomic E-state index is 0.0624. The Morgan fingerprint density at radius 1 is 1.26 bits per heavy atom. The smallest absolute Gasteiger partial charge is 0.469 e. The molecular formula is C14H17F3N2O4. The molecule has 1 unspecified atom stereocenters. The summed E-state index contributed by atoms with van der Waals surface area (Å²) in [7, 11) is 1.20. The molecule has 1 atom stereocenters. The van der Waals surface area contributed by atoms with Crippen molar-refractivity contribution in [3.8, 4) is 5.75 Å². The van der Waals surface area contributed by atoms with Gasteiger partial charge in [0.1, 0.15) is 5.75 Å². The summed E-state index contributed by atoms with van der Waals surface area (Å²) in [6.45, 7) is 0.134. The summed E-state index contributed by atoms with van der Waals surface area (Å²) in [6, 6.07) is 4.13. The first-order valence-corrected chi connectivity index (χ1v) is 6.67. The monoisotopic (exact) mass is 334 g/mol. The molecule has 6 nitrogen and oxygen atoms in total. The van der Waals surface area contributed by atoms with Crippen LogP contribution in [-0.2, 0) is 14.3 Å². The van der Waals surface area contributed by atoms with Crippen LogP contribution in [-0.4, -0.2) is 31.9 Å². The van der Waals surface area contributed by atoms with Gasteiger partial charge in [0, 0.05) is 13.0 Å². The number of nitrogens with two attached hydrogens (primary N) is 1. The molecule has 3 N–H and O–H groups in total. The number of hydrogen-bond acceptors (Lipinski definition) is 5. The van der Waals surface area contributed by atoms with Crippen LogP contribution in [0.4, 0.5) is 13.2 Å². The third-order valence-corrected chi connectivity index (χ3v) is 2.82. The maximum absolute atomic E-state index is 12.1. The van der Waals surface area contributed by atoms with E-state index < -0.39 is 24.1 Å². The lowest BCUT2D eigenvalue weighted by atomic mass is 10.0. The van der Waals surface area contributed by atoms with E-state index >= 15 is 0 Å². The number of benzene rings is 1. The van der Waals surface area contributed by atoms with Gasteiger partial charge in [-0.05, 0) is 17.7 Å². The van der Waals surface area contributed by atoms with Gasteiger partial charge in [0.25, 0.3) is 0 Å². The second-order valence-electron chi connectivity index (χ2n) is 4.56. The van der Waals surface area contributed by atoms with Gasteiger partial charge in [-0.1, -0.05) is 12.1 Å². The van der Waals surface area contributed by atoms with Gasteiger partial charge in [0.2, 0.25) is 5.91 Å². The number of carbonyl (C=O) groups excluding carboxylic acids is 2. The predicted octanol–water partition coefficient (Wildman–Crippen LogP) is 1.65. The molecule has 9 heteroatoms. The maximum Gasteiger partial charge on any atom is 0.573 e. The van der Waals surface area contributed by atoms with Gasteiger partial charge in [-0.25, -0.2) is 0 Å². The van der Waals surface area contributed by atoms with Crippen molar-refractivity contribution in [2.45, 2.75) is 25.2 Å². The minimum Gasteiger partial charge on any atom is -0.469 e. The van der Waals surface area contributed by atoms with E-state index in [0.717, 1.165) is 12.1 Å². The SMILES string of the molecule is COC(=O)CC(NC(=O)CCN)c1ccc(OC(F)(F)F)cc1. The van der Waals surface area contributed by atoms with Crippen LogP contribution in [0, 0.1) is 0 Å². The number of ether oxygens (including phenoxy) is 2. The zero-order chi connectivity index (χ0) is 17.5. The molecular weight excluding hydrogens is 317 g/mol. The van der Waals surface area contributed by atoms with Crippen molar-refractivity contribution in [1.29, 1.82) is 0 Å². The zero-order valence-corrected chi connectivity index (χ0v) is 12.4. The molecule has 0 bridgehead atoms. The summed E-state index contributed by atoms with van der Waals surface area (Å²) in [5.74, 6) is -1.35. The van der Waals surface area contributed by atoms with Gasteiger partial charge >= 0.3 is 12.3 Å². The van der Waals surface area contributed by atoms with E-state index in [1.54, 1.807) is 0 Å². The second kappa shape index (κ2) is 8.37. The first kappa shape index (κ1) is 18.8. The fourth-order valence-corrected chi connectivity index (χ4v) is 1.80. The molecule has 1 amide bonds. The quantitative estimate of drug-likeness (QED) is 0.740. The molecule has 23 heavy (non-hydrogen) atoms. The summed E-state index contributed by atoms with van der Waals surface area (Å²) in [4.78, 5) is 23.1. The summed E-state index contributed by atoms with van der Waals surface area (Å²) >= 11 is 0. The standard InChI is InChI=1S/C14H17F3N2O4/c1-22-13(21)8-11(19-12(20)6-7-18)9-2-4-10(5-3-9)23-14(15,16)17/h2-5,11H,6-8,18H2,1H3,(H,19,20). The van der Waals surface area contributed by atoms with Crippen LogP contribution < -0.4 is 15.8 Å². The van der Waals surface area contributed by atoms with Gasteiger partial charge < -0.3 is 20.5 Å². The van der Waals surface area contributed by atoms with Crippen LogP contribution in [0.2, 0.25) is 0 Å². The summed E-state index contributed by atoms with van der Waals surface area (Å²) < 4.78 is 44.7. The third kappa shape index (κ3) is 7.00. The number of amides is 1. The van der Waals surface area contributed by atoms with Crippen molar-refractivity contribution in [2.75, 3.05) is 13.7 Å². The third-order valence-electron chi connectivity index (χ3n) is 2.82. The summed E-state index contributed by atoms with van der Waals surface area (Å²) in [5, 5.41) is 2.58. The van der Waals surface area contributed by atoms with Gasteiger partial charge in [-0.3, -0.25) is 9.59 Å². The molecule has 1 rings (SSSR count). The highest BCUT2D eigenvalue weighted by molar-refractivity contribution is 5.78. The van der Waals surface area contributed by atoms with E-state index in [9.17, 15) is 22.8 Å². The van der Waals surface area contributed by atoms with E-state index in [1.165, 1.54) is 19.2 Å². The average Bonchev–Trinajstić information content (AvgIpc) is 2.45. The largest absolute Gasteiger partial charge is 0.573 e. The lowest BCUT2D eigenvalue weighted by Crippen LogP contribution is -2.31. The van der Waals surface area contributed by atoms with Crippen LogP contribution in [0.5, 0.6) is 5.75 Å². The van der Waals surface area contributed by atoms with Crippen LogP contribution in [0.1, 0.15) is 24.4 Å². The Morgan fingerprint density at radius 2 is 1.87 bits per heavy atom. The van der Waals surface area contributed by atoms with E-state index in [4.69, 9.17) is 5.73 Å². The highest BCUT2D eigenvalue weighted by Gasteiger charge is 2.31. The number of halogens is 3. The number of carbonyl (C=O) groups is 2. The zero-order valence-electron chi connectivity index (χ0n) is 12.4. The van der Waals surface area contributed by atoms with Crippen LogP contribution in [0.3, 0.4) is 0 Å². The molecule has 0 aromatic heterocycles. The number of rotatable bonds is 7. The van der Waals surface area contributed by atoms with Crippen LogP contribution in [0.15, 0.2) is 24.3 Å². The fraction of sp³-hybridized carbons (Fsp3) is 0.429. The molecule has 0 aliphatic carbocycles. The number of hydrogen-bond donors (Lipinski definition) is 2. The molecule has 1 aromatic carbocycles. The second-order valence-corrected chi connectivity index (χ2v) is 4.56. The Hall–Kier alpha value is -2.29. The van der Waals surface area contributed by atoms with E-state index in [-0.39, 0.29) is 25.3 Å². The number of methoxy groups -OCH3 is 1. The van der Waals surface area contributed by atoms with Crippen molar-refractivity contribution >= 4 is 11.9 Å². The molecule has 0 saturated carbocycles. The van der Waals surface area contributed by atoms with Crippen molar-refractivity contribution in [1.82, 2.24) is 5.32 Å². The average molecular weight is 334 g/mol. The molecule has 1 aromatic rings. The highest BCUT2D eigenvalue weighted by atomic mass is 19.4.